The number of benzene rings is 1. The quantitative estimate of drug-likeness (QED) is 0.749. The van der Waals surface area contributed by atoms with E-state index >= 15 is 0 Å². The minimum absolute atomic E-state index is 0.00834. The number of carbonyl (C=O) groups is 1. The van der Waals surface area contributed by atoms with Gasteiger partial charge in [-0.25, -0.2) is 0 Å². The van der Waals surface area contributed by atoms with Gasteiger partial charge in [-0.05, 0) is 50.1 Å². The Morgan fingerprint density at radius 3 is 2.71 bits per heavy atom. The van der Waals surface area contributed by atoms with Crippen LogP contribution in [-0.2, 0) is 6.54 Å². The normalized spacial score (nSPS) is 16.1. The monoisotopic (exact) mass is 344 g/mol. The fraction of sp³-hybridized carbons (Fsp3) is 0.421. The molecule has 1 aromatic carbocycles. The van der Waals surface area contributed by atoms with E-state index in [1.54, 1.807) is 11.3 Å². The molecule has 2 aromatic rings. The molecule has 1 saturated carbocycles. The first kappa shape index (κ1) is 17.0. The summed E-state index contributed by atoms with van der Waals surface area (Å²) in [4.78, 5) is 15.1. The number of aryl methyl sites for hydroxylation is 1. The number of hydrogen-bond acceptors (Lipinski definition) is 4. The van der Waals surface area contributed by atoms with Gasteiger partial charge in [0.15, 0.2) is 0 Å². The van der Waals surface area contributed by atoms with E-state index in [-0.39, 0.29) is 12.5 Å². The molecule has 1 aliphatic rings. The lowest BCUT2D eigenvalue weighted by molar-refractivity contribution is 0.0838. The van der Waals surface area contributed by atoms with Gasteiger partial charge in [-0.3, -0.25) is 4.79 Å². The predicted molar refractivity (Wildman–Crippen MR) is 98.6 cm³/mol. The molecular weight excluding hydrogens is 320 g/mol. The molecular formula is C19H24N2O2S. The number of rotatable bonds is 6. The minimum atomic E-state index is -0.436. The van der Waals surface area contributed by atoms with Crippen LogP contribution < -0.4 is 10.6 Å². The minimum Gasteiger partial charge on any atom is -0.394 e. The number of hydrogen-bond donors (Lipinski definition) is 3. The van der Waals surface area contributed by atoms with E-state index < -0.39 is 5.54 Å². The summed E-state index contributed by atoms with van der Waals surface area (Å²) >= 11 is 1.77. The summed E-state index contributed by atoms with van der Waals surface area (Å²) in [6.45, 7) is 2.86. The van der Waals surface area contributed by atoms with Gasteiger partial charge in [-0.1, -0.05) is 18.9 Å². The SMILES string of the molecule is Cc1ccc(CNc2cccc(C(=O)NC3(CO)CCCC3)c2)s1. The maximum atomic E-state index is 12.5. The van der Waals surface area contributed by atoms with Gasteiger partial charge in [-0.15, -0.1) is 11.3 Å². The summed E-state index contributed by atoms with van der Waals surface area (Å²) in [7, 11) is 0. The molecule has 3 N–H and O–H groups in total. The van der Waals surface area contributed by atoms with Crippen LogP contribution in [0, 0.1) is 6.92 Å². The number of carbonyl (C=O) groups excluding carboxylic acids is 1. The lowest BCUT2D eigenvalue weighted by atomic mass is 9.98. The van der Waals surface area contributed by atoms with Crippen LogP contribution in [0.3, 0.4) is 0 Å². The number of nitrogens with one attached hydrogen (secondary N) is 2. The first-order chi connectivity index (χ1) is 11.6. The Morgan fingerprint density at radius 1 is 1.25 bits per heavy atom. The average Bonchev–Trinajstić information content (AvgIpc) is 3.23. The highest BCUT2D eigenvalue weighted by Gasteiger charge is 2.34. The third-order valence-electron chi connectivity index (χ3n) is 4.63. The molecule has 0 saturated heterocycles. The number of thiophene rings is 1. The molecule has 5 heteroatoms. The lowest BCUT2D eigenvalue weighted by Crippen LogP contribution is -2.49. The molecule has 3 rings (SSSR count). The van der Waals surface area contributed by atoms with Crippen LogP contribution in [-0.4, -0.2) is 23.2 Å². The summed E-state index contributed by atoms with van der Waals surface area (Å²) in [5, 5.41) is 16.1. The van der Waals surface area contributed by atoms with Crippen molar-refractivity contribution in [3.63, 3.8) is 0 Å². The van der Waals surface area contributed by atoms with E-state index in [0.29, 0.717) is 5.56 Å². The van der Waals surface area contributed by atoms with Gasteiger partial charge in [0.25, 0.3) is 5.91 Å². The third kappa shape index (κ3) is 3.97. The van der Waals surface area contributed by atoms with Gasteiger partial charge < -0.3 is 15.7 Å². The molecule has 4 nitrogen and oxygen atoms in total. The van der Waals surface area contributed by atoms with Crippen LogP contribution in [0.4, 0.5) is 5.69 Å². The van der Waals surface area contributed by atoms with Crippen molar-refractivity contribution in [1.82, 2.24) is 5.32 Å². The second kappa shape index (κ2) is 7.36. The Kier molecular flexibility index (Phi) is 5.21. The van der Waals surface area contributed by atoms with Crippen molar-refractivity contribution >= 4 is 22.9 Å². The standard InChI is InChI=1S/C19H24N2O2S/c1-14-7-8-17(24-14)12-20-16-6-4-5-15(11-16)18(23)21-19(13-22)9-2-3-10-19/h4-8,11,20,22H,2-3,9-10,12-13H2,1H3,(H,21,23). The highest BCUT2D eigenvalue weighted by molar-refractivity contribution is 7.11. The zero-order chi connectivity index (χ0) is 17.0. The number of aliphatic hydroxyl groups is 1. The van der Waals surface area contributed by atoms with Crippen LogP contribution in [0.5, 0.6) is 0 Å². The van der Waals surface area contributed by atoms with Gasteiger partial charge in [0.2, 0.25) is 0 Å². The van der Waals surface area contributed by atoms with Crippen molar-refractivity contribution in [3.05, 3.63) is 51.7 Å². The Morgan fingerprint density at radius 2 is 2.04 bits per heavy atom. The molecule has 0 atom stereocenters. The number of anilines is 1. The van der Waals surface area contributed by atoms with Crippen LogP contribution in [0.15, 0.2) is 36.4 Å². The molecule has 1 aromatic heterocycles. The van der Waals surface area contributed by atoms with E-state index in [0.717, 1.165) is 37.9 Å². The van der Waals surface area contributed by atoms with E-state index in [2.05, 4.69) is 29.7 Å². The first-order valence-electron chi connectivity index (χ1n) is 8.43. The molecule has 24 heavy (non-hydrogen) atoms. The van der Waals surface area contributed by atoms with Crippen molar-refractivity contribution < 1.29 is 9.90 Å². The second-order valence-corrected chi connectivity index (χ2v) is 7.92. The molecule has 0 bridgehead atoms. The zero-order valence-corrected chi connectivity index (χ0v) is 14.8. The van der Waals surface area contributed by atoms with Gasteiger partial charge >= 0.3 is 0 Å². The fourth-order valence-corrected chi connectivity index (χ4v) is 4.06. The zero-order valence-electron chi connectivity index (χ0n) is 14.0. The molecule has 0 radical (unpaired) electrons. The highest BCUT2D eigenvalue weighted by Crippen LogP contribution is 2.29. The van der Waals surface area contributed by atoms with Crippen LogP contribution in [0.1, 0.15) is 45.8 Å². The topological polar surface area (TPSA) is 61.4 Å². The maximum Gasteiger partial charge on any atom is 0.251 e. The van der Waals surface area contributed by atoms with Crippen molar-refractivity contribution in [3.8, 4) is 0 Å². The largest absolute Gasteiger partial charge is 0.394 e. The molecule has 1 fully saturated rings. The highest BCUT2D eigenvalue weighted by atomic mass is 32.1. The first-order valence-corrected chi connectivity index (χ1v) is 9.24. The van der Waals surface area contributed by atoms with Gasteiger partial charge in [0, 0.05) is 27.5 Å². The summed E-state index contributed by atoms with van der Waals surface area (Å²) in [5.74, 6) is -0.110. The Balaban J connectivity index is 1.64. The van der Waals surface area contributed by atoms with Gasteiger partial charge in [0.05, 0.1) is 12.1 Å². The molecule has 0 unspecified atom stereocenters. The van der Waals surface area contributed by atoms with Gasteiger partial charge in [-0.2, -0.15) is 0 Å². The van der Waals surface area contributed by atoms with Crippen molar-refractivity contribution in [2.24, 2.45) is 0 Å². The number of aliphatic hydroxyl groups excluding tert-OH is 1. The van der Waals surface area contributed by atoms with Crippen LogP contribution >= 0.6 is 11.3 Å². The molecule has 1 aliphatic carbocycles. The summed E-state index contributed by atoms with van der Waals surface area (Å²) < 4.78 is 0. The molecule has 0 aliphatic heterocycles. The molecule has 1 amide bonds. The van der Waals surface area contributed by atoms with E-state index in [1.807, 2.05) is 24.3 Å². The smallest absolute Gasteiger partial charge is 0.251 e. The lowest BCUT2D eigenvalue weighted by Gasteiger charge is -2.28. The molecule has 128 valence electrons. The van der Waals surface area contributed by atoms with E-state index in [4.69, 9.17) is 0 Å². The average molecular weight is 344 g/mol. The fourth-order valence-electron chi connectivity index (χ4n) is 3.23. The van der Waals surface area contributed by atoms with Crippen LogP contribution in [0.2, 0.25) is 0 Å². The summed E-state index contributed by atoms with van der Waals surface area (Å²) in [5.41, 5.74) is 1.12. The maximum absolute atomic E-state index is 12.5. The molecule has 1 heterocycles. The Labute approximate surface area is 146 Å². The van der Waals surface area contributed by atoms with E-state index in [1.165, 1.54) is 9.75 Å². The van der Waals surface area contributed by atoms with Crippen LogP contribution in [0.25, 0.3) is 0 Å². The summed E-state index contributed by atoms with van der Waals surface area (Å²) in [6, 6.07) is 11.8. The van der Waals surface area contributed by atoms with Gasteiger partial charge in [0.1, 0.15) is 0 Å². The second-order valence-electron chi connectivity index (χ2n) is 6.55. The van der Waals surface area contributed by atoms with E-state index in [9.17, 15) is 9.90 Å². The van der Waals surface area contributed by atoms with Crippen molar-refractivity contribution in [2.45, 2.75) is 44.7 Å². The Bertz CT molecular complexity index is 705. The Hall–Kier alpha value is -1.85. The van der Waals surface area contributed by atoms with Crippen molar-refractivity contribution in [2.75, 3.05) is 11.9 Å². The molecule has 0 spiro atoms. The summed E-state index contributed by atoms with van der Waals surface area (Å²) in [6.07, 6.45) is 3.82. The number of amides is 1. The third-order valence-corrected chi connectivity index (χ3v) is 5.63. The predicted octanol–water partition coefficient (Wildman–Crippen LogP) is 3.70. The van der Waals surface area contributed by atoms with Crippen molar-refractivity contribution in [1.29, 1.82) is 0 Å².